The van der Waals surface area contributed by atoms with Crippen molar-refractivity contribution in [1.82, 2.24) is 20.4 Å². The number of carbonyl (C=O) groups excluding carboxylic acids is 1. The summed E-state index contributed by atoms with van der Waals surface area (Å²) in [4.78, 5) is 24.2. The largest absolute Gasteiger partial charge is 0.481 e. The van der Waals surface area contributed by atoms with Gasteiger partial charge >= 0.3 is 12.0 Å². The van der Waals surface area contributed by atoms with E-state index in [4.69, 9.17) is 5.11 Å². The molecule has 1 aromatic heterocycles. The lowest BCUT2D eigenvalue weighted by atomic mass is 10.2. The molecule has 0 aromatic carbocycles. The van der Waals surface area contributed by atoms with Crippen molar-refractivity contribution < 1.29 is 14.7 Å². The van der Waals surface area contributed by atoms with Crippen LogP contribution in [-0.2, 0) is 11.3 Å². The first-order chi connectivity index (χ1) is 8.95. The normalized spacial score (nSPS) is 11.9. The zero-order valence-electron chi connectivity index (χ0n) is 11.4. The molecule has 1 rings (SSSR count). The molecule has 0 radical (unpaired) electrons. The third-order valence-corrected chi connectivity index (χ3v) is 2.95. The number of rotatable bonds is 6. The van der Waals surface area contributed by atoms with Crippen LogP contribution in [0.4, 0.5) is 4.79 Å². The van der Waals surface area contributed by atoms with Gasteiger partial charge in [0.15, 0.2) is 0 Å². The van der Waals surface area contributed by atoms with Gasteiger partial charge in [0.25, 0.3) is 0 Å². The van der Waals surface area contributed by atoms with Crippen LogP contribution in [-0.4, -0.2) is 45.3 Å². The Labute approximate surface area is 112 Å². The number of H-pyrrole nitrogens is 1. The molecule has 7 nitrogen and oxygen atoms in total. The fourth-order valence-corrected chi connectivity index (χ4v) is 1.60. The van der Waals surface area contributed by atoms with Crippen LogP contribution in [0.3, 0.4) is 0 Å². The molecule has 0 bridgehead atoms. The van der Waals surface area contributed by atoms with E-state index in [0.717, 1.165) is 11.3 Å². The van der Waals surface area contributed by atoms with E-state index in [-0.39, 0.29) is 12.6 Å². The van der Waals surface area contributed by atoms with E-state index in [9.17, 15) is 9.59 Å². The lowest BCUT2D eigenvalue weighted by molar-refractivity contribution is -0.141. The number of carbonyl (C=O) groups is 2. The summed E-state index contributed by atoms with van der Waals surface area (Å²) in [5, 5.41) is 18.3. The van der Waals surface area contributed by atoms with Gasteiger partial charge in [-0.25, -0.2) is 4.79 Å². The number of nitrogens with one attached hydrogen (secondary N) is 2. The predicted molar refractivity (Wildman–Crippen MR) is 69.6 cm³/mol. The number of aryl methyl sites for hydroxylation is 1. The summed E-state index contributed by atoms with van der Waals surface area (Å²) in [5.74, 6) is -1.49. The van der Waals surface area contributed by atoms with Gasteiger partial charge in [-0.05, 0) is 13.8 Å². The Morgan fingerprint density at radius 3 is 2.74 bits per heavy atom. The molecule has 0 fully saturated rings. The van der Waals surface area contributed by atoms with Crippen molar-refractivity contribution >= 4 is 12.0 Å². The number of nitrogens with zero attached hydrogens (tertiary/aromatic N) is 2. The molecule has 0 saturated carbocycles. The molecular weight excluding hydrogens is 248 g/mol. The number of amides is 2. The maximum absolute atomic E-state index is 11.9. The van der Waals surface area contributed by atoms with Crippen LogP contribution in [0.2, 0.25) is 0 Å². The summed E-state index contributed by atoms with van der Waals surface area (Å²) in [6.45, 7) is 6.31. The number of carboxylic acid groups (broad SMARTS) is 1. The van der Waals surface area contributed by atoms with E-state index < -0.39 is 11.9 Å². The van der Waals surface area contributed by atoms with Crippen molar-refractivity contribution in [2.45, 2.75) is 27.3 Å². The van der Waals surface area contributed by atoms with E-state index in [1.807, 2.05) is 13.8 Å². The number of aliphatic carboxylic acids is 1. The van der Waals surface area contributed by atoms with Crippen LogP contribution in [0.25, 0.3) is 0 Å². The molecule has 1 atom stereocenters. The van der Waals surface area contributed by atoms with Crippen molar-refractivity contribution in [3.8, 4) is 0 Å². The third-order valence-electron chi connectivity index (χ3n) is 2.95. The molecule has 2 amide bonds. The fourth-order valence-electron chi connectivity index (χ4n) is 1.60. The van der Waals surface area contributed by atoms with E-state index in [1.54, 1.807) is 13.1 Å². The molecule has 0 saturated heterocycles. The van der Waals surface area contributed by atoms with E-state index >= 15 is 0 Å². The average molecular weight is 268 g/mol. The summed E-state index contributed by atoms with van der Waals surface area (Å²) in [5.41, 5.74) is 1.82. The van der Waals surface area contributed by atoms with Crippen LogP contribution in [0.15, 0.2) is 6.20 Å². The molecule has 3 N–H and O–H groups in total. The van der Waals surface area contributed by atoms with Gasteiger partial charge in [0.05, 0.1) is 12.1 Å². The molecule has 1 unspecified atom stereocenters. The monoisotopic (exact) mass is 268 g/mol. The molecule has 0 aliphatic carbocycles. The zero-order valence-corrected chi connectivity index (χ0v) is 11.4. The highest BCUT2D eigenvalue weighted by Crippen LogP contribution is 2.04. The van der Waals surface area contributed by atoms with Gasteiger partial charge in [-0.1, -0.05) is 6.92 Å². The number of hydrogen-bond donors (Lipinski definition) is 3. The Hall–Kier alpha value is -2.05. The van der Waals surface area contributed by atoms with Crippen molar-refractivity contribution in [3.05, 3.63) is 17.5 Å². The molecule has 19 heavy (non-hydrogen) atoms. The van der Waals surface area contributed by atoms with Gasteiger partial charge in [-0.3, -0.25) is 9.89 Å². The topological polar surface area (TPSA) is 98.3 Å². The summed E-state index contributed by atoms with van der Waals surface area (Å²) in [6, 6.07) is -0.267. The third kappa shape index (κ3) is 4.27. The maximum Gasteiger partial charge on any atom is 0.317 e. The van der Waals surface area contributed by atoms with Gasteiger partial charge < -0.3 is 15.3 Å². The van der Waals surface area contributed by atoms with Crippen molar-refractivity contribution in [2.75, 3.05) is 13.1 Å². The number of aromatic amines is 1. The van der Waals surface area contributed by atoms with Gasteiger partial charge in [0.1, 0.15) is 0 Å². The van der Waals surface area contributed by atoms with E-state index in [0.29, 0.717) is 13.1 Å². The molecule has 106 valence electrons. The molecule has 1 aromatic rings. The summed E-state index contributed by atoms with van der Waals surface area (Å²) < 4.78 is 0. The quantitative estimate of drug-likeness (QED) is 0.716. The van der Waals surface area contributed by atoms with Crippen molar-refractivity contribution in [3.63, 3.8) is 0 Å². The van der Waals surface area contributed by atoms with E-state index in [2.05, 4.69) is 15.5 Å². The lowest BCUT2D eigenvalue weighted by Gasteiger charge is -2.23. The van der Waals surface area contributed by atoms with Crippen LogP contribution in [0.5, 0.6) is 0 Å². The highest BCUT2D eigenvalue weighted by molar-refractivity contribution is 5.75. The summed E-state index contributed by atoms with van der Waals surface area (Å²) in [7, 11) is 0. The first-order valence-corrected chi connectivity index (χ1v) is 6.20. The Morgan fingerprint density at radius 1 is 1.58 bits per heavy atom. The SMILES string of the molecule is CCN(CC(C)C(=O)O)C(=O)NCc1cn[nH]c1C. The number of urea groups is 1. The van der Waals surface area contributed by atoms with Gasteiger partial charge in [0, 0.05) is 30.9 Å². The highest BCUT2D eigenvalue weighted by Gasteiger charge is 2.19. The minimum Gasteiger partial charge on any atom is -0.481 e. The van der Waals surface area contributed by atoms with Crippen LogP contribution in [0, 0.1) is 12.8 Å². The summed E-state index contributed by atoms with van der Waals surface area (Å²) >= 11 is 0. The first-order valence-electron chi connectivity index (χ1n) is 6.20. The van der Waals surface area contributed by atoms with Gasteiger partial charge in [-0.2, -0.15) is 5.10 Å². The maximum atomic E-state index is 11.9. The molecular formula is C12H20N4O3. The Bertz CT molecular complexity index is 444. The second kappa shape index (κ2) is 6.77. The second-order valence-corrected chi connectivity index (χ2v) is 4.46. The van der Waals surface area contributed by atoms with Crippen molar-refractivity contribution in [2.24, 2.45) is 5.92 Å². The zero-order chi connectivity index (χ0) is 14.4. The molecule has 7 heteroatoms. The molecule has 1 heterocycles. The van der Waals surface area contributed by atoms with E-state index in [1.165, 1.54) is 4.90 Å². The second-order valence-electron chi connectivity index (χ2n) is 4.46. The number of hydrogen-bond acceptors (Lipinski definition) is 3. The van der Waals surface area contributed by atoms with Crippen LogP contribution in [0.1, 0.15) is 25.1 Å². The minimum absolute atomic E-state index is 0.196. The summed E-state index contributed by atoms with van der Waals surface area (Å²) in [6.07, 6.45) is 1.66. The Kier molecular flexibility index (Phi) is 5.35. The Morgan fingerprint density at radius 2 is 2.26 bits per heavy atom. The molecule has 0 spiro atoms. The fraction of sp³-hybridized carbons (Fsp3) is 0.583. The molecule has 0 aliphatic rings. The average Bonchev–Trinajstić information content (AvgIpc) is 2.78. The van der Waals surface area contributed by atoms with Gasteiger partial charge in [0.2, 0.25) is 0 Å². The number of carboxylic acids is 1. The first kappa shape index (κ1) is 15.0. The van der Waals surface area contributed by atoms with Gasteiger partial charge in [-0.15, -0.1) is 0 Å². The highest BCUT2D eigenvalue weighted by atomic mass is 16.4. The smallest absolute Gasteiger partial charge is 0.317 e. The van der Waals surface area contributed by atoms with Crippen LogP contribution < -0.4 is 5.32 Å². The van der Waals surface area contributed by atoms with Crippen LogP contribution >= 0.6 is 0 Å². The van der Waals surface area contributed by atoms with Crippen molar-refractivity contribution in [1.29, 1.82) is 0 Å². The lowest BCUT2D eigenvalue weighted by Crippen LogP contribution is -2.42. The number of aromatic nitrogens is 2. The predicted octanol–water partition coefficient (Wildman–Crippen LogP) is 0.970. The molecule has 0 aliphatic heterocycles. The standard InChI is InChI=1S/C12H20N4O3/c1-4-16(7-8(2)11(17)18)12(19)13-5-10-6-14-15-9(10)3/h6,8H,4-5,7H2,1-3H3,(H,13,19)(H,14,15)(H,17,18). The minimum atomic E-state index is -0.906. The Balaban J connectivity index is 2.50.